The standard InChI is InChI=1S/C16H18ClN/c1-11-6-4-5-7-15(11)13(3)18-16-9-8-14(17)10-12(16)2/h4-10,13,18H,1-3H3. The summed E-state index contributed by atoms with van der Waals surface area (Å²) < 4.78 is 0. The lowest BCUT2D eigenvalue weighted by molar-refractivity contribution is 0.872. The zero-order valence-corrected chi connectivity index (χ0v) is 11.8. The van der Waals surface area contributed by atoms with Gasteiger partial charge in [0.05, 0.1) is 0 Å². The minimum atomic E-state index is 0.283. The molecule has 1 nitrogen and oxygen atoms in total. The van der Waals surface area contributed by atoms with Gasteiger partial charge in [-0.25, -0.2) is 0 Å². The smallest absolute Gasteiger partial charge is 0.0488 e. The van der Waals surface area contributed by atoms with Crippen LogP contribution in [0.5, 0.6) is 0 Å². The molecule has 0 saturated heterocycles. The summed E-state index contributed by atoms with van der Waals surface area (Å²) in [6.07, 6.45) is 0. The number of hydrogen-bond acceptors (Lipinski definition) is 1. The van der Waals surface area contributed by atoms with Crippen molar-refractivity contribution in [1.29, 1.82) is 0 Å². The van der Waals surface area contributed by atoms with Gasteiger partial charge in [0.1, 0.15) is 0 Å². The van der Waals surface area contributed by atoms with Gasteiger partial charge in [-0.15, -0.1) is 0 Å². The fourth-order valence-corrected chi connectivity index (χ4v) is 2.40. The Labute approximate surface area is 114 Å². The van der Waals surface area contributed by atoms with E-state index in [9.17, 15) is 0 Å². The lowest BCUT2D eigenvalue weighted by Gasteiger charge is -2.19. The second-order valence-corrected chi connectivity index (χ2v) is 5.12. The summed E-state index contributed by atoms with van der Waals surface area (Å²) in [5, 5.41) is 4.32. The van der Waals surface area contributed by atoms with Crippen molar-refractivity contribution >= 4 is 17.3 Å². The third-order valence-electron chi connectivity index (χ3n) is 3.22. The van der Waals surface area contributed by atoms with Crippen LogP contribution in [0, 0.1) is 13.8 Å². The number of hydrogen-bond donors (Lipinski definition) is 1. The molecule has 1 N–H and O–H groups in total. The predicted octanol–water partition coefficient (Wildman–Crippen LogP) is 5.13. The molecule has 0 fully saturated rings. The van der Waals surface area contributed by atoms with Crippen LogP contribution in [0.3, 0.4) is 0 Å². The van der Waals surface area contributed by atoms with Crippen molar-refractivity contribution in [1.82, 2.24) is 0 Å². The third kappa shape index (κ3) is 2.85. The first-order chi connectivity index (χ1) is 8.58. The van der Waals surface area contributed by atoms with Crippen LogP contribution < -0.4 is 5.32 Å². The molecular weight excluding hydrogens is 242 g/mol. The quantitative estimate of drug-likeness (QED) is 0.806. The van der Waals surface area contributed by atoms with E-state index >= 15 is 0 Å². The van der Waals surface area contributed by atoms with Gasteiger partial charge in [0.2, 0.25) is 0 Å². The Hall–Kier alpha value is -1.47. The Bertz CT molecular complexity index is 549. The van der Waals surface area contributed by atoms with Crippen molar-refractivity contribution in [3.8, 4) is 0 Å². The zero-order chi connectivity index (χ0) is 13.1. The second-order valence-electron chi connectivity index (χ2n) is 4.68. The molecule has 2 heteroatoms. The molecular formula is C16H18ClN. The summed E-state index contributed by atoms with van der Waals surface area (Å²) in [7, 11) is 0. The minimum Gasteiger partial charge on any atom is -0.378 e. The molecule has 94 valence electrons. The van der Waals surface area contributed by atoms with Crippen molar-refractivity contribution in [3.63, 3.8) is 0 Å². The molecule has 2 aromatic rings. The molecule has 0 radical (unpaired) electrons. The molecule has 2 aromatic carbocycles. The largest absolute Gasteiger partial charge is 0.378 e. The van der Waals surface area contributed by atoms with Gasteiger partial charge in [-0.2, -0.15) is 0 Å². The van der Waals surface area contributed by atoms with Crippen LogP contribution in [0.2, 0.25) is 5.02 Å². The molecule has 0 bridgehead atoms. The van der Waals surface area contributed by atoms with E-state index in [1.807, 2.05) is 18.2 Å². The Morgan fingerprint density at radius 1 is 1.00 bits per heavy atom. The Morgan fingerprint density at radius 3 is 2.39 bits per heavy atom. The maximum atomic E-state index is 5.97. The SMILES string of the molecule is Cc1cc(Cl)ccc1NC(C)c1ccccc1C. The average molecular weight is 260 g/mol. The number of aryl methyl sites for hydroxylation is 2. The highest BCUT2D eigenvalue weighted by molar-refractivity contribution is 6.30. The van der Waals surface area contributed by atoms with E-state index < -0.39 is 0 Å². The van der Waals surface area contributed by atoms with Crippen molar-refractivity contribution in [2.45, 2.75) is 26.8 Å². The summed E-state index contributed by atoms with van der Waals surface area (Å²) in [6.45, 7) is 6.39. The van der Waals surface area contributed by atoms with E-state index in [1.165, 1.54) is 16.7 Å². The summed E-state index contributed by atoms with van der Waals surface area (Å²) >= 11 is 5.97. The summed E-state index contributed by atoms with van der Waals surface area (Å²) in [5.41, 5.74) is 4.94. The summed E-state index contributed by atoms with van der Waals surface area (Å²) in [6, 6.07) is 14.7. The normalized spacial score (nSPS) is 12.2. The van der Waals surface area contributed by atoms with Crippen molar-refractivity contribution in [2.24, 2.45) is 0 Å². The number of nitrogens with one attached hydrogen (secondary N) is 1. The van der Waals surface area contributed by atoms with Crippen LogP contribution in [-0.2, 0) is 0 Å². The molecule has 1 atom stereocenters. The third-order valence-corrected chi connectivity index (χ3v) is 3.45. The van der Waals surface area contributed by atoms with Crippen LogP contribution >= 0.6 is 11.6 Å². The van der Waals surface area contributed by atoms with Crippen molar-refractivity contribution < 1.29 is 0 Å². The molecule has 0 saturated carbocycles. The fourth-order valence-electron chi connectivity index (χ4n) is 2.17. The lowest BCUT2D eigenvalue weighted by atomic mass is 10.0. The van der Waals surface area contributed by atoms with Crippen LogP contribution in [0.25, 0.3) is 0 Å². The highest BCUT2D eigenvalue weighted by atomic mass is 35.5. The van der Waals surface area contributed by atoms with E-state index in [0.717, 1.165) is 10.7 Å². The highest BCUT2D eigenvalue weighted by Crippen LogP contribution is 2.25. The van der Waals surface area contributed by atoms with Crippen molar-refractivity contribution in [2.75, 3.05) is 5.32 Å². The van der Waals surface area contributed by atoms with E-state index in [2.05, 4.69) is 50.4 Å². The number of rotatable bonds is 3. The van der Waals surface area contributed by atoms with Gasteiger partial charge < -0.3 is 5.32 Å². The molecule has 0 aliphatic rings. The van der Waals surface area contributed by atoms with Gasteiger partial charge in [-0.1, -0.05) is 35.9 Å². The van der Waals surface area contributed by atoms with Gasteiger partial charge in [0.25, 0.3) is 0 Å². The Balaban J connectivity index is 2.21. The topological polar surface area (TPSA) is 12.0 Å². The van der Waals surface area contributed by atoms with Crippen LogP contribution in [0.4, 0.5) is 5.69 Å². The average Bonchev–Trinajstić information content (AvgIpc) is 2.33. The van der Waals surface area contributed by atoms with E-state index in [4.69, 9.17) is 11.6 Å². The Morgan fingerprint density at radius 2 is 1.72 bits per heavy atom. The van der Waals surface area contributed by atoms with E-state index in [1.54, 1.807) is 0 Å². The zero-order valence-electron chi connectivity index (χ0n) is 11.0. The number of halogens is 1. The van der Waals surface area contributed by atoms with E-state index in [0.29, 0.717) is 0 Å². The predicted molar refractivity (Wildman–Crippen MR) is 79.4 cm³/mol. The fraction of sp³-hybridized carbons (Fsp3) is 0.250. The maximum absolute atomic E-state index is 5.97. The molecule has 2 rings (SSSR count). The number of benzene rings is 2. The molecule has 18 heavy (non-hydrogen) atoms. The molecule has 0 spiro atoms. The van der Waals surface area contributed by atoms with Gasteiger partial charge in [0, 0.05) is 16.8 Å². The Kier molecular flexibility index (Phi) is 3.93. The molecule has 0 amide bonds. The van der Waals surface area contributed by atoms with Gasteiger partial charge in [0.15, 0.2) is 0 Å². The van der Waals surface area contributed by atoms with Gasteiger partial charge in [-0.3, -0.25) is 0 Å². The molecule has 0 heterocycles. The molecule has 0 aliphatic heterocycles. The van der Waals surface area contributed by atoms with Gasteiger partial charge in [-0.05, 0) is 55.7 Å². The first kappa shape index (κ1) is 13.0. The van der Waals surface area contributed by atoms with E-state index in [-0.39, 0.29) is 6.04 Å². The van der Waals surface area contributed by atoms with Crippen LogP contribution in [0.1, 0.15) is 29.7 Å². The first-order valence-corrected chi connectivity index (χ1v) is 6.54. The van der Waals surface area contributed by atoms with Crippen molar-refractivity contribution in [3.05, 3.63) is 64.2 Å². The maximum Gasteiger partial charge on any atom is 0.0488 e. The lowest BCUT2D eigenvalue weighted by Crippen LogP contribution is -2.08. The summed E-state index contributed by atoms with van der Waals surface area (Å²) in [4.78, 5) is 0. The minimum absolute atomic E-state index is 0.283. The van der Waals surface area contributed by atoms with Crippen LogP contribution in [0.15, 0.2) is 42.5 Å². The first-order valence-electron chi connectivity index (χ1n) is 6.16. The summed E-state index contributed by atoms with van der Waals surface area (Å²) in [5.74, 6) is 0. The second kappa shape index (κ2) is 5.45. The van der Waals surface area contributed by atoms with Gasteiger partial charge >= 0.3 is 0 Å². The highest BCUT2D eigenvalue weighted by Gasteiger charge is 2.08. The monoisotopic (exact) mass is 259 g/mol. The van der Waals surface area contributed by atoms with Crippen LogP contribution in [-0.4, -0.2) is 0 Å². The molecule has 1 unspecified atom stereocenters. The molecule has 0 aromatic heterocycles. The molecule has 0 aliphatic carbocycles. The number of anilines is 1.